The number of hydrogen-bond acceptors (Lipinski definition) is 3. The highest BCUT2D eigenvalue weighted by atomic mass is 16.3. The van der Waals surface area contributed by atoms with Crippen molar-refractivity contribution in [2.24, 2.45) is 5.41 Å². The Labute approximate surface area is 115 Å². The van der Waals surface area contributed by atoms with Crippen LogP contribution in [0.5, 0.6) is 0 Å². The Balaban J connectivity index is 2.49. The summed E-state index contributed by atoms with van der Waals surface area (Å²) in [7, 11) is 0. The summed E-state index contributed by atoms with van der Waals surface area (Å²) in [5.41, 5.74) is -0.479. The lowest BCUT2D eigenvalue weighted by molar-refractivity contribution is -0.137. The van der Waals surface area contributed by atoms with E-state index in [9.17, 15) is 9.59 Å². The number of aliphatic hydroxyl groups is 1. The first-order valence-corrected chi connectivity index (χ1v) is 7.05. The molecule has 5 heteroatoms. The van der Waals surface area contributed by atoms with Gasteiger partial charge in [0.05, 0.1) is 6.54 Å². The molecule has 2 amide bonds. The van der Waals surface area contributed by atoms with E-state index >= 15 is 0 Å². The molecular weight excluding hydrogens is 244 g/mol. The normalized spacial score (nSPS) is 20.2. The van der Waals surface area contributed by atoms with Gasteiger partial charge in [-0.15, -0.1) is 0 Å². The molecule has 0 saturated carbocycles. The second kappa shape index (κ2) is 6.89. The third kappa shape index (κ3) is 4.82. The van der Waals surface area contributed by atoms with Gasteiger partial charge < -0.3 is 15.3 Å². The molecule has 0 spiro atoms. The maximum Gasteiger partial charge on any atom is 0.242 e. The Morgan fingerprint density at radius 3 is 2.58 bits per heavy atom. The summed E-state index contributed by atoms with van der Waals surface area (Å²) >= 11 is 0. The number of likely N-dealkylation sites (tertiary alicyclic amines) is 1. The molecule has 1 rings (SSSR count). The summed E-state index contributed by atoms with van der Waals surface area (Å²) in [5, 5.41) is 11.7. The molecule has 1 atom stereocenters. The molecule has 0 aromatic rings. The molecule has 1 aliphatic heterocycles. The molecule has 0 aliphatic carbocycles. The summed E-state index contributed by atoms with van der Waals surface area (Å²) in [4.78, 5) is 25.7. The lowest BCUT2D eigenvalue weighted by Crippen LogP contribution is -2.49. The van der Waals surface area contributed by atoms with Gasteiger partial charge in [-0.2, -0.15) is 0 Å². The highest BCUT2D eigenvalue weighted by Gasteiger charge is 2.27. The van der Waals surface area contributed by atoms with E-state index in [4.69, 9.17) is 5.11 Å². The zero-order chi connectivity index (χ0) is 14.5. The maximum absolute atomic E-state index is 12.1. The third-order valence-corrected chi connectivity index (χ3v) is 3.49. The topological polar surface area (TPSA) is 69.6 Å². The number of rotatable bonds is 4. The minimum atomic E-state index is -0.479. The van der Waals surface area contributed by atoms with Crippen molar-refractivity contribution in [3.63, 3.8) is 0 Å². The van der Waals surface area contributed by atoms with Crippen molar-refractivity contribution in [1.82, 2.24) is 10.2 Å². The molecule has 0 aromatic heterocycles. The van der Waals surface area contributed by atoms with Gasteiger partial charge in [0.1, 0.15) is 0 Å². The minimum Gasteiger partial charge on any atom is -0.396 e. The van der Waals surface area contributed by atoms with Gasteiger partial charge in [-0.25, -0.2) is 0 Å². The highest BCUT2D eigenvalue weighted by Crippen LogP contribution is 2.19. The number of nitrogens with one attached hydrogen (secondary N) is 1. The molecule has 0 radical (unpaired) electrons. The van der Waals surface area contributed by atoms with Crippen molar-refractivity contribution in [2.75, 3.05) is 19.7 Å². The van der Waals surface area contributed by atoms with Crippen LogP contribution in [0.15, 0.2) is 0 Å². The Morgan fingerprint density at radius 1 is 1.32 bits per heavy atom. The number of carbonyl (C=O) groups excluding carboxylic acids is 2. The Bertz CT molecular complexity index is 321. The van der Waals surface area contributed by atoms with Crippen LogP contribution in [0.25, 0.3) is 0 Å². The first-order chi connectivity index (χ1) is 8.86. The monoisotopic (exact) mass is 270 g/mol. The van der Waals surface area contributed by atoms with Crippen molar-refractivity contribution in [2.45, 2.75) is 52.5 Å². The second-order valence-corrected chi connectivity index (χ2v) is 6.18. The first-order valence-electron chi connectivity index (χ1n) is 7.05. The minimum absolute atomic E-state index is 0.0456. The average molecular weight is 270 g/mol. The summed E-state index contributed by atoms with van der Waals surface area (Å²) in [5.74, 6) is -0.160. The Hall–Kier alpha value is -1.10. The van der Waals surface area contributed by atoms with E-state index in [1.165, 1.54) is 0 Å². The Kier molecular flexibility index (Phi) is 5.79. The van der Waals surface area contributed by atoms with Crippen molar-refractivity contribution in [3.05, 3.63) is 0 Å². The first kappa shape index (κ1) is 16.0. The van der Waals surface area contributed by atoms with Crippen LogP contribution in [0.1, 0.15) is 46.5 Å². The smallest absolute Gasteiger partial charge is 0.242 e. The molecule has 5 nitrogen and oxygen atoms in total. The zero-order valence-corrected chi connectivity index (χ0v) is 12.2. The molecule has 0 aromatic carbocycles. The molecule has 1 saturated heterocycles. The van der Waals surface area contributed by atoms with Crippen LogP contribution in [-0.2, 0) is 9.59 Å². The van der Waals surface area contributed by atoms with Crippen LogP contribution < -0.4 is 5.32 Å². The predicted octanol–water partition coefficient (Wildman–Crippen LogP) is 0.912. The molecule has 19 heavy (non-hydrogen) atoms. The summed E-state index contributed by atoms with van der Waals surface area (Å²) in [6.07, 6.45) is 3.67. The van der Waals surface area contributed by atoms with E-state index in [2.05, 4.69) is 5.32 Å². The van der Waals surface area contributed by atoms with Crippen LogP contribution in [0.2, 0.25) is 0 Å². The number of carbonyl (C=O) groups is 2. The summed E-state index contributed by atoms with van der Waals surface area (Å²) < 4.78 is 0. The number of nitrogens with zero attached hydrogens (tertiary/aromatic N) is 1. The molecule has 1 aliphatic rings. The molecule has 2 N–H and O–H groups in total. The molecule has 1 unspecified atom stereocenters. The van der Waals surface area contributed by atoms with Gasteiger partial charge in [0.15, 0.2) is 0 Å². The SMILES string of the molecule is CC(C)(C)C(=O)NCC(=O)N1CCCCC1CCO. The average Bonchev–Trinajstić information content (AvgIpc) is 2.35. The lowest BCUT2D eigenvalue weighted by atomic mass is 9.95. The number of hydrogen-bond donors (Lipinski definition) is 2. The zero-order valence-electron chi connectivity index (χ0n) is 12.2. The van der Waals surface area contributed by atoms with Crippen LogP contribution in [0.3, 0.4) is 0 Å². The van der Waals surface area contributed by atoms with E-state index in [-0.39, 0.29) is 31.0 Å². The van der Waals surface area contributed by atoms with Crippen LogP contribution in [0.4, 0.5) is 0 Å². The van der Waals surface area contributed by atoms with Gasteiger partial charge >= 0.3 is 0 Å². The quantitative estimate of drug-likeness (QED) is 0.798. The van der Waals surface area contributed by atoms with Crippen LogP contribution in [-0.4, -0.2) is 47.6 Å². The van der Waals surface area contributed by atoms with Crippen molar-refractivity contribution in [1.29, 1.82) is 0 Å². The van der Waals surface area contributed by atoms with E-state index < -0.39 is 5.41 Å². The third-order valence-electron chi connectivity index (χ3n) is 3.49. The van der Waals surface area contributed by atoms with Crippen molar-refractivity contribution >= 4 is 11.8 Å². The van der Waals surface area contributed by atoms with E-state index in [0.717, 1.165) is 25.8 Å². The van der Waals surface area contributed by atoms with Gasteiger partial charge in [0.25, 0.3) is 0 Å². The largest absolute Gasteiger partial charge is 0.396 e. The standard InChI is InChI=1S/C14H26N2O3/c1-14(2,3)13(19)15-10-12(18)16-8-5-4-6-11(16)7-9-17/h11,17H,4-10H2,1-3H3,(H,15,19). The summed E-state index contributed by atoms with van der Waals surface area (Å²) in [6, 6.07) is 0.123. The van der Waals surface area contributed by atoms with Gasteiger partial charge in [0.2, 0.25) is 11.8 Å². The Morgan fingerprint density at radius 2 is 2.00 bits per heavy atom. The number of aliphatic hydroxyl groups excluding tert-OH is 1. The van der Waals surface area contributed by atoms with Gasteiger partial charge in [-0.3, -0.25) is 9.59 Å². The second-order valence-electron chi connectivity index (χ2n) is 6.18. The number of piperidine rings is 1. The molecular formula is C14H26N2O3. The fourth-order valence-electron chi connectivity index (χ4n) is 2.30. The van der Waals surface area contributed by atoms with Crippen molar-refractivity contribution < 1.29 is 14.7 Å². The molecule has 1 fully saturated rings. The van der Waals surface area contributed by atoms with Gasteiger partial charge in [0, 0.05) is 24.6 Å². The van der Waals surface area contributed by atoms with E-state index in [1.54, 1.807) is 0 Å². The maximum atomic E-state index is 12.1. The van der Waals surface area contributed by atoms with E-state index in [0.29, 0.717) is 6.42 Å². The van der Waals surface area contributed by atoms with Gasteiger partial charge in [-0.05, 0) is 25.7 Å². The fraction of sp³-hybridized carbons (Fsp3) is 0.857. The fourth-order valence-corrected chi connectivity index (χ4v) is 2.30. The molecule has 1 heterocycles. The van der Waals surface area contributed by atoms with Gasteiger partial charge in [-0.1, -0.05) is 20.8 Å². The molecule has 110 valence electrons. The summed E-state index contributed by atoms with van der Waals surface area (Å²) in [6.45, 7) is 6.35. The van der Waals surface area contributed by atoms with Crippen LogP contribution in [0, 0.1) is 5.41 Å². The van der Waals surface area contributed by atoms with E-state index in [1.807, 2.05) is 25.7 Å². The lowest BCUT2D eigenvalue weighted by Gasteiger charge is -2.35. The highest BCUT2D eigenvalue weighted by molar-refractivity contribution is 5.87. The molecule has 0 bridgehead atoms. The van der Waals surface area contributed by atoms with Crippen molar-refractivity contribution in [3.8, 4) is 0 Å². The predicted molar refractivity (Wildman–Crippen MR) is 73.5 cm³/mol. The van der Waals surface area contributed by atoms with Crippen LogP contribution >= 0.6 is 0 Å². The number of amides is 2.